The lowest BCUT2D eigenvalue weighted by Gasteiger charge is -2.32. The topological polar surface area (TPSA) is 86.8 Å². The molecule has 0 saturated heterocycles. The average molecular weight is 623 g/mol. The first kappa shape index (κ1) is 30.2. The van der Waals surface area contributed by atoms with E-state index < -0.39 is 28.5 Å². The van der Waals surface area contributed by atoms with Crippen molar-refractivity contribution < 1.29 is 18.0 Å². The highest BCUT2D eigenvalue weighted by atomic mass is 35.5. The molecule has 3 aromatic rings. The van der Waals surface area contributed by atoms with Crippen LogP contribution in [0, 0.1) is 0 Å². The number of sulfonamides is 1. The Hall–Kier alpha value is -2.78. The molecule has 212 valence electrons. The van der Waals surface area contributed by atoms with Crippen LogP contribution < -0.4 is 9.62 Å². The van der Waals surface area contributed by atoms with Crippen LogP contribution in [-0.4, -0.2) is 43.8 Å². The van der Waals surface area contributed by atoms with Gasteiger partial charge in [0.15, 0.2) is 0 Å². The Labute approximate surface area is 250 Å². The van der Waals surface area contributed by atoms with E-state index in [0.717, 1.165) is 35.6 Å². The number of amides is 2. The first-order valence-electron chi connectivity index (χ1n) is 12.9. The van der Waals surface area contributed by atoms with E-state index in [9.17, 15) is 18.0 Å². The maximum Gasteiger partial charge on any atom is 0.264 e. The van der Waals surface area contributed by atoms with Crippen LogP contribution in [0.5, 0.6) is 0 Å². The van der Waals surface area contributed by atoms with Crippen LogP contribution in [0.4, 0.5) is 5.69 Å². The molecule has 1 aliphatic rings. The van der Waals surface area contributed by atoms with Crippen molar-refractivity contribution in [2.75, 3.05) is 10.8 Å². The average Bonchev–Trinajstić information content (AvgIpc) is 3.46. The van der Waals surface area contributed by atoms with Crippen LogP contribution in [0.3, 0.4) is 0 Å². The zero-order valence-corrected chi connectivity index (χ0v) is 25.0. The third kappa shape index (κ3) is 7.10. The maximum absolute atomic E-state index is 14.0. The minimum atomic E-state index is -4.24. The molecule has 0 aromatic heterocycles. The smallest absolute Gasteiger partial charge is 0.264 e. The van der Waals surface area contributed by atoms with E-state index in [1.807, 2.05) is 0 Å². The van der Waals surface area contributed by atoms with Gasteiger partial charge in [-0.05, 0) is 61.7 Å². The summed E-state index contributed by atoms with van der Waals surface area (Å²) in [4.78, 5) is 28.6. The Morgan fingerprint density at radius 2 is 1.57 bits per heavy atom. The van der Waals surface area contributed by atoms with Crippen molar-refractivity contribution in [3.8, 4) is 0 Å². The minimum absolute atomic E-state index is 0.00671. The third-order valence-corrected chi connectivity index (χ3v) is 9.78. The summed E-state index contributed by atoms with van der Waals surface area (Å²) in [5, 5.41) is 3.71. The molecule has 0 radical (unpaired) electrons. The Morgan fingerprint density at radius 3 is 2.23 bits per heavy atom. The Balaban J connectivity index is 1.70. The highest BCUT2D eigenvalue weighted by molar-refractivity contribution is 7.92. The summed E-state index contributed by atoms with van der Waals surface area (Å²) >= 11 is 18.7. The molecule has 0 aliphatic heterocycles. The van der Waals surface area contributed by atoms with Gasteiger partial charge in [0, 0.05) is 17.6 Å². The highest BCUT2D eigenvalue weighted by Gasteiger charge is 2.34. The van der Waals surface area contributed by atoms with Gasteiger partial charge in [-0.2, -0.15) is 0 Å². The van der Waals surface area contributed by atoms with Gasteiger partial charge in [0.25, 0.3) is 10.0 Å². The number of halogens is 3. The fraction of sp³-hybridized carbons (Fsp3) is 0.310. The van der Waals surface area contributed by atoms with Gasteiger partial charge in [0.2, 0.25) is 11.8 Å². The van der Waals surface area contributed by atoms with Gasteiger partial charge in [-0.3, -0.25) is 13.9 Å². The van der Waals surface area contributed by atoms with Crippen molar-refractivity contribution in [2.24, 2.45) is 0 Å². The molecule has 2 amide bonds. The van der Waals surface area contributed by atoms with E-state index in [0.29, 0.717) is 5.02 Å². The molecule has 3 aromatic carbocycles. The number of rotatable bonds is 10. The number of anilines is 1. The van der Waals surface area contributed by atoms with Crippen LogP contribution in [0.2, 0.25) is 15.1 Å². The lowest BCUT2D eigenvalue weighted by atomic mass is 10.1. The molecule has 1 N–H and O–H groups in total. The van der Waals surface area contributed by atoms with Crippen molar-refractivity contribution in [2.45, 2.75) is 56.1 Å². The Kier molecular flexibility index (Phi) is 10.0. The molecule has 11 heteroatoms. The monoisotopic (exact) mass is 621 g/mol. The molecule has 4 rings (SSSR count). The standard InChI is InChI=1S/C29H30Cl3N3O4S/c1-20(29(37)33-23-8-5-6-9-23)34(18-21-14-16-22(30)17-15-21)27(36)19-35(26-13-7-12-25(31)28(26)32)40(38,39)24-10-3-2-4-11-24/h2-4,7,10-17,20,23H,5-6,8-9,18-19H2,1H3,(H,33,37)/t20-/m0/s1. The predicted molar refractivity (Wildman–Crippen MR) is 159 cm³/mol. The van der Waals surface area contributed by atoms with Crippen molar-refractivity contribution in [3.63, 3.8) is 0 Å². The Morgan fingerprint density at radius 1 is 0.925 bits per heavy atom. The SMILES string of the molecule is C[C@@H](C(=O)NC1CCCC1)N(Cc1ccc(Cl)cc1)C(=O)CN(c1cccc(Cl)c1Cl)S(=O)(=O)c1ccccc1. The normalized spacial score (nSPS) is 14.5. The zero-order valence-electron chi connectivity index (χ0n) is 21.9. The van der Waals surface area contributed by atoms with Gasteiger partial charge in [0.05, 0.1) is 20.6 Å². The second-order valence-corrected chi connectivity index (χ2v) is 12.8. The second kappa shape index (κ2) is 13.3. The second-order valence-electron chi connectivity index (χ2n) is 9.71. The molecule has 0 unspecified atom stereocenters. The van der Waals surface area contributed by atoms with Gasteiger partial charge < -0.3 is 10.2 Å². The van der Waals surface area contributed by atoms with Crippen molar-refractivity contribution in [3.05, 3.63) is 93.4 Å². The number of hydrogen-bond donors (Lipinski definition) is 1. The number of carbonyl (C=O) groups is 2. The van der Waals surface area contributed by atoms with Crippen molar-refractivity contribution in [1.29, 1.82) is 0 Å². The molecular weight excluding hydrogens is 593 g/mol. The van der Waals surface area contributed by atoms with E-state index in [4.69, 9.17) is 34.8 Å². The van der Waals surface area contributed by atoms with Crippen LogP contribution in [0.1, 0.15) is 38.2 Å². The number of carbonyl (C=O) groups excluding carboxylic acids is 2. The van der Waals surface area contributed by atoms with Crippen LogP contribution in [0.25, 0.3) is 0 Å². The van der Waals surface area contributed by atoms with Crippen molar-refractivity contribution in [1.82, 2.24) is 10.2 Å². The third-order valence-electron chi connectivity index (χ3n) is 6.95. The predicted octanol–water partition coefficient (Wildman–Crippen LogP) is 6.32. The van der Waals surface area contributed by atoms with E-state index in [-0.39, 0.29) is 39.1 Å². The Bertz CT molecular complexity index is 1450. The summed E-state index contributed by atoms with van der Waals surface area (Å²) in [5.74, 6) is -0.882. The van der Waals surface area contributed by atoms with Crippen LogP contribution >= 0.6 is 34.8 Å². The largest absolute Gasteiger partial charge is 0.352 e. The van der Waals surface area contributed by atoms with E-state index in [1.165, 1.54) is 29.2 Å². The number of nitrogens with zero attached hydrogens (tertiary/aromatic N) is 2. The van der Waals surface area contributed by atoms with Crippen molar-refractivity contribution >= 4 is 62.3 Å². The highest BCUT2D eigenvalue weighted by Crippen LogP contribution is 2.35. The van der Waals surface area contributed by atoms with Gasteiger partial charge in [-0.1, -0.05) is 84.0 Å². The number of hydrogen-bond acceptors (Lipinski definition) is 4. The molecule has 1 aliphatic carbocycles. The molecule has 1 atom stereocenters. The summed E-state index contributed by atoms with van der Waals surface area (Å²) < 4.78 is 28.6. The zero-order chi connectivity index (χ0) is 28.9. The lowest BCUT2D eigenvalue weighted by molar-refractivity contribution is -0.139. The molecule has 0 spiro atoms. The van der Waals surface area contributed by atoms with E-state index >= 15 is 0 Å². The fourth-order valence-electron chi connectivity index (χ4n) is 4.68. The summed E-state index contributed by atoms with van der Waals surface area (Å²) in [6.07, 6.45) is 3.86. The first-order valence-corrected chi connectivity index (χ1v) is 15.5. The molecule has 1 fully saturated rings. The van der Waals surface area contributed by atoms with Gasteiger partial charge in [0.1, 0.15) is 12.6 Å². The molecule has 1 saturated carbocycles. The number of nitrogens with one attached hydrogen (secondary N) is 1. The summed E-state index contributed by atoms with van der Waals surface area (Å²) in [7, 11) is -4.24. The van der Waals surface area contributed by atoms with Crippen LogP contribution in [-0.2, 0) is 26.2 Å². The molecular formula is C29H30Cl3N3O4S. The number of benzene rings is 3. The van der Waals surface area contributed by atoms with Gasteiger partial charge >= 0.3 is 0 Å². The maximum atomic E-state index is 14.0. The lowest BCUT2D eigenvalue weighted by Crippen LogP contribution is -2.52. The van der Waals surface area contributed by atoms with E-state index in [2.05, 4.69) is 5.32 Å². The molecule has 7 nitrogen and oxygen atoms in total. The molecule has 0 heterocycles. The van der Waals surface area contributed by atoms with Crippen LogP contribution in [0.15, 0.2) is 77.7 Å². The molecule has 0 bridgehead atoms. The molecule has 40 heavy (non-hydrogen) atoms. The van der Waals surface area contributed by atoms with E-state index in [1.54, 1.807) is 55.5 Å². The fourth-order valence-corrected chi connectivity index (χ4v) is 6.70. The quantitative estimate of drug-likeness (QED) is 0.287. The summed E-state index contributed by atoms with van der Waals surface area (Å²) in [6, 6.07) is 18.4. The summed E-state index contributed by atoms with van der Waals surface area (Å²) in [6.45, 7) is 1.10. The first-order chi connectivity index (χ1) is 19.1. The van der Waals surface area contributed by atoms with Gasteiger partial charge in [-0.15, -0.1) is 0 Å². The summed E-state index contributed by atoms with van der Waals surface area (Å²) in [5.41, 5.74) is 0.789. The van der Waals surface area contributed by atoms with Gasteiger partial charge in [-0.25, -0.2) is 8.42 Å². The minimum Gasteiger partial charge on any atom is -0.352 e.